The zero-order valence-corrected chi connectivity index (χ0v) is 12.9. The normalized spacial score (nSPS) is 13.1. The van der Waals surface area contributed by atoms with Crippen LogP contribution in [0, 0.1) is 0 Å². The Morgan fingerprint density at radius 2 is 1.65 bits per heavy atom. The van der Waals surface area contributed by atoms with Gasteiger partial charge in [0, 0.05) is 4.47 Å². The lowest BCUT2D eigenvalue weighted by molar-refractivity contribution is 0.259. The molecule has 0 radical (unpaired) electrons. The second kappa shape index (κ2) is 6.49. The van der Waals surface area contributed by atoms with Gasteiger partial charge in [0.2, 0.25) is 10.0 Å². The molecule has 2 aromatic carbocycles. The van der Waals surface area contributed by atoms with E-state index in [9.17, 15) is 13.5 Å². The third-order valence-electron chi connectivity index (χ3n) is 2.81. The number of hydrogen-bond donors (Lipinski definition) is 2. The molecular weight excluding hydrogens is 342 g/mol. The van der Waals surface area contributed by atoms with Crippen LogP contribution >= 0.6 is 15.9 Å². The molecule has 2 aromatic rings. The maximum atomic E-state index is 12.2. The fourth-order valence-electron chi connectivity index (χ4n) is 1.77. The largest absolute Gasteiger partial charge is 0.394 e. The molecule has 0 aliphatic heterocycles. The molecule has 0 saturated carbocycles. The van der Waals surface area contributed by atoms with Crippen molar-refractivity contribution in [1.82, 2.24) is 4.72 Å². The first kappa shape index (κ1) is 15.2. The lowest BCUT2D eigenvalue weighted by atomic mass is 10.1. The summed E-state index contributed by atoms with van der Waals surface area (Å²) in [6.07, 6.45) is 0. The third-order valence-corrected chi connectivity index (χ3v) is 4.82. The summed E-state index contributed by atoms with van der Waals surface area (Å²) in [6, 6.07) is 14.6. The summed E-state index contributed by atoms with van der Waals surface area (Å²) in [7, 11) is -3.67. The molecule has 0 aliphatic carbocycles. The van der Waals surface area contributed by atoms with Crippen molar-refractivity contribution in [2.45, 2.75) is 10.9 Å². The van der Waals surface area contributed by atoms with Crippen molar-refractivity contribution < 1.29 is 13.5 Å². The molecule has 0 fully saturated rings. The average molecular weight is 356 g/mol. The molecule has 106 valence electrons. The minimum absolute atomic E-state index is 0.162. The van der Waals surface area contributed by atoms with E-state index in [-0.39, 0.29) is 11.5 Å². The van der Waals surface area contributed by atoms with E-state index in [2.05, 4.69) is 20.7 Å². The van der Waals surface area contributed by atoms with E-state index in [4.69, 9.17) is 0 Å². The summed E-state index contributed by atoms with van der Waals surface area (Å²) >= 11 is 3.26. The quantitative estimate of drug-likeness (QED) is 0.865. The number of hydrogen-bond acceptors (Lipinski definition) is 3. The summed E-state index contributed by atoms with van der Waals surface area (Å²) in [5, 5.41) is 9.40. The first-order valence-electron chi connectivity index (χ1n) is 5.96. The van der Waals surface area contributed by atoms with Gasteiger partial charge in [-0.15, -0.1) is 0 Å². The zero-order valence-electron chi connectivity index (χ0n) is 10.5. The molecule has 6 heteroatoms. The van der Waals surface area contributed by atoms with E-state index in [1.54, 1.807) is 36.4 Å². The van der Waals surface area contributed by atoms with Crippen molar-refractivity contribution in [3.63, 3.8) is 0 Å². The highest BCUT2D eigenvalue weighted by atomic mass is 79.9. The standard InChI is InChI=1S/C14H14BrNO3S/c15-12-6-8-13(9-7-12)20(18,19)16-14(10-17)11-4-2-1-3-5-11/h1-9,14,16-17H,10H2. The Labute approximate surface area is 126 Å². The Bertz CT molecular complexity index is 657. The van der Waals surface area contributed by atoms with Crippen LogP contribution in [-0.4, -0.2) is 20.1 Å². The van der Waals surface area contributed by atoms with Gasteiger partial charge in [0.15, 0.2) is 0 Å². The van der Waals surface area contributed by atoms with Crippen LogP contribution in [0.5, 0.6) is 0 Å². The van der Waals surface area contributed by atoms with Crippen LogP contribution in [0.25, 0.3) is 0 Å². The Morgan fingerprint density at radius 1 is 1.05 bits per heavy atom. The highest BCUT2D eigenvalue weighted by molar-refractivity contribution is 9.10. The van der Waals surface area contributed by atoms with Crippen LogP contribution in [0.4, 0.5) is 0 Å². The van der Waals surface area contributed by atoms with Gasteiger partial charge in [0.25, 0.3) is 0 Å². The van der Waals surface area contributed by atoms with Gasteiger partial charge in [-0.2, -0.15) is 0 Å². The zero-order chi connectivity index (χ0) is 14.6. The molecular formula is C14H14BrNO3S. The highest BCUT2D eigenvalue weighted by Gasteiger charge is 2.20. The molecule has 2 N–H and O–H groups in total. The van der Waals surface area contributed by atoms with Gasteiger partial charge < -0.3 is 5.11 Å². The van der Waals surface area contributed by atoms with Crippen molar-refractivity contribution in [2.75, 3.05) is 6.61 Å². The maximum absolute atomic E-state index is 12.2. The van der Waals surface area contributed by atoms with E-state index in [0.29, 0.717) is 0 Å². The second-order valence-corrected chi connectivity index (χ2v) is 6.85. The average Bonchev–Trinajstić information content (AvgIpc) is 2.46. The summed E-state index contributed by atoms with van der Waals surface area (Å²) in [4.78, 5) is 0.162. The molecule has 4 nitrogen and oxygen atoms in total. The second-order valence-electron chi connectivity index (χ2n) is 4.22. The van der Waals surface area contributed by atoms with E-state index in [1.165, 1.54) is 12.1 Å². The number of halogens is 1. The third kappa shape index (κ3) is 3.67. The number of aliphatic hydroxyl groups is 1. The number of sulfonamides is 1. The monoisotopic (exact) mass is 355 g/mol. The van der Waals surface area contributed by atoms with Crippen LogP contribution in [-0.2, 0) is 10.0 Å². The number of rotatable bonds is 5. The molecule has 20 heavy (non-hydrogen) atoms. The molecule has 0 spiro atoms. The molecule has 0 amide bonds. The molecule has 0 bridgehead atoms. The Morgan fingerprint density at radius 3 is 2.20 bits per heavy atom. The first-order chi connectivity index (χ1) is 9.53. The first-order valence-corrected chi connectivity index (χ1v) is 8.24. The van der Waals surface area contributed by atoms with Gasteiger partial charge >= 0.3 is 0 Å². The van der Waals surface area contributed by atoms with Gasteiger partial charge in [-0.05, 0) is 29.8 Å². The smallest absolute Gasteiger partial charge is 0.241 e. The lowest BCUT2D eigenvalue weighted by Gasteiger charge is -2.16. The molecule has 1 unspecified atom stereocenters. The minimum Gasteiger partial charge on any atom is -0.394 e. The molecule has 0 saturated heterocycles. The van der Waals surface area contributed by atoms with Gasteiger partial charge in [-0.3, -0.25) is 0 Å². The summed E-state index contributed by atoms with van der Waals surface area (Å²) < 4.78 is 27.8. The van der Waals surface area contributed by atoms with E-state index >= 15 is 0 Å². The van der Waals surface area contributed by atoms with Crippen molar-refractivity contribution in [1.29, 1.82) is 0 Å². The summed E-state index contributed by atoms with van der Waals surface area (Å²) in [6.45, 7) is -0.306. The van der Waals surface area contributed by atoms with Crippen LogP contribution in [0.3, 0.4) is 0 Å². The predicted molar refractivity (Wildman–Crippen MR) is 80.7 cm³/mol. The van der Waals surface area contributed by atoms with Crippen LogP contribution in [0.1, 0.15) is 11.6 Å². The van der Waals surface area contributed by atoms with Gasteiger partial charge in [-0.25, -0.2) is 13.1 Å². The molecule has 0 aliphatic rings. The fourth-order valence-corrected chi connectivity index (χ4v) is 3.25. The molecule has 0 heterocycles. The van der Waals surface area contributed by atoms with E-state index in [1.807, 2.05) is 6.07 Å². The van der Waals surface area contributed by atoms with E-state index < -0.39 is 16.1 Å². The van der Waals surface area contributed by atoms with Gasteiger partial charge in [0.1, 0.15) is 0 Å². The van der Waals surface area contributed by atoms with Crippen molar-refractivity contribution in [3.8, 4) is 0 Å². The Hall–Kier alpha value is -1.21. The number of aliphatic hydroxyl groups excluding tert-OH is 1. The number of benzene rings is 2. The van der Waals surface area contributed by atoms with Crippen LogP contribution in [0.15, 0.2) is 64.0 Å². The van der Waals surface area contributed by atoms with E-state index in [0.717, 1.165) is 10.0 Å². The highest BCUT2D eigenvalue weighted by Crippen LogP contribution is 2.18. The maximum Gasteiger partial charge on any atom is 0.241 e. The fraction of sp³-hybridized carbons (Fsp3) is 0.143. The topological polar surface area (TPSA) is 66.4 Å². The van der Waals surface area contributed by atoms with Crippen LogP contribution in [0.2, 0.25) is 0 Å². The van der Waals surface area contributed by atoms with Crippen molar-refractivity contribution in [3.05, 3.63) is 64.6 Å². The van der Waals surface area contributed by atoms with Crippen LogP contribution < -0.4 is 4.72 Å². The minimum atomic E-state index is -3.67. The van der Waals surface area contributed by atoms with Crippen molar-refractivity contribution >= 4 is 26.0 Å². The number of nitrogens with one attached hydrogen (secondary N) is 1. The molecule has 2 rings (SSSR count). The Kier molecular flexibility index (Phi) is 4.93. The SMILES string of the molecule is O=S(=O)(NC(CO)c1ccccc1)c1ccc(Br)cc1. The summed E-state index contributed by atoms with van der Waals surface area (Å²) in [5.74, 6) is 0. The van der Waals surface area contributed by atoms with Gasteiger partial charge in [-0.1, -0.05) is 46.3 Å². The molecule has 0 aromatic heterocycles. The van der Waals surface area contributed by atoms with Crippen molar-refractivity contribution in [2.24, 2.45) is 0 Å². The molecule has 1 atom stereocenters. The summed E-state index contributed by atoms with van der Waals surface area (Å²) in [5.41, 5.74) is 0.718. The van der Waals surface area contributed by atoms with Gasteiger partial charge in [0.05, 0.1) is 17.5 Å². The lowest BCUT2D eigenvalue weighted by Crippen LogP contribution is -2.30. The Balaban J connectivity index is 2.24. The predicted octanol–water partition coefficient (Wildman–Crippen LogP) is 2.46.